The van der Waals surface area contributed by atoms with E-state index in [4.69, 9.17) is 23.2 Å². The fourth-order valence-corrected chi connectivity index (χ4v) is 2.97. The van der Waals surface area contributed by atoms with Crippen LogP contribution in [-0.4, -0.2) is 40.1 Å². The molecule has 1 aliphatic rings. The zero-order chi connectivity index (χ0) is 14.0. The number of halogens is 2. The van der Waals surface area contributed by atoms with Crippen LogP contribution in [0.5, 0.6) is 0 Å². The minimum atomic E-state index is -0.759. The van der Waals surface area contributed by atoms with E-state index in [0.717, 1.165) is 25.7 Å². The van der Waals surface area contributed by atoms with Gasteiger partial charge in [-0.2, -0.15) is 0 Å². The van der Waals surface area contributed by atoms with Gasteiger partial charge in [0.15, 0.2) is 0 Å². The number of pyridine rings is 1. The highest BCUT2D eigenvalue weighted by molar-refractivity contribution is 6.33. The Hall–Kier alpha value is -0.840. The number of likely N-dealkylation sites (N-methyl/N-ethyl adjacent to an activating group) is 1. The second-order valence-electron chi connectivity index (χ2n) is 5.09. The third-order valence-corrected chi connectivity index (χ3v) is 3.81. The van der Waals surface area contributed by atoms with Crippen LogP contribution in [0.4, 0.5) is 0 Å². The molecule has 1 N–H and O–H groups in total. The molecule has 0 radical (unpaired) electrons. The lowest BCUT2D eigenvalue weighted by molar-refractivity contribution is 0.0157. The van der Waals surface area contributed by atoms with Crippen LogP contribution in [0.2, 0.25) is 10.3 Å². The van der Waals surface area contributed by atoms with Gasteiger partial charge in [0, 0.05) is 19.2 Å². The van der Waals surface area contributed by atoms with E-state index in [1.54, 1.807) is 7.05 Å². The molecule has 0 atom stereocenters. The molecule has 0 aromatic carbocycles. The number of hydrogen-bond acceptors (Lipinski definition) is 3. The molecule has 6 heteroatoms. The Morgan fingerprint density at radius 1 is 1.37 bits per heavy atom. The van der Waals surface area contributed by atoms with Gasteiger partial charge in [0.1, 0.15) is 10.3 Å². The number of carbonyl (C=O) groups excluding carboxylic acids is 1. The van der Waals surface area contributed by atoms with Gasteiger partial charge in [-0.15, -0.1) is 0 Å². The van der Waals surface area contributed by atoms with E-state index >= 15 is 0 Å². The fraction of sp³-hybridized carbons (Fsp3) is 0.538. The number of rotatable bonds is 3. The van der Waals surface area contributed by atoms with Gasteiger partial charge in [-0.1, -0.05) is 36.0 Å². The maximum Gasteiger partial charge on any atom is 0.253 e. The largest absolute Gasteiger partial charge is 0.388 e. The minimum absolute atomic E-state index is 0.184. The maximum absolute atomic E-state index is 12.2. The topological polar surface area (TPSA) is 53.4 Å². The Morgan fingerprint density at radius 2 is 1.89 bits per heavy atom. The number of hydrogen-bond donors (Lipinski definition) is 1. The predicted molar refractivity (Wildman–Crippen MR) is 74.6 cm³/mol. The number of nitrogens with zero attached hydrogens (tertiary/aromatic N) is 2. The molecule has 4 nitrogen and oxygen atoms in total. The second-order valence-corrected chi connectivity index (χ2v) is 5.87. The number of amides is 1. The Labute approximate surface area is 122 Å². The molecule has 1 heterocycles. The van der Waals surface area contributed by atoms with Gasteiger partial charge in [0.25, 0.3) is 5.91 Å². The van der Waals surface area contributed by atoms with Crippen molar-refractivity contribution in [1.29, 1.82) is 0 Å². The Kier molecular flexibility index (Phi) is 4.33. The van der Waals surface area contributed by atoms with Gasteiger partial charge < -0.3 is 10.0 Å². The van der Waals surface area contributed by atoms with E-state index in [0.29, 0.717) is 12.1 Å². The standard InChI is InChI=1S/C13H16Cl2N2O2/c1-17(8-13(19)4-2-3-5-13)12(18)9-6-10(14)16-11(15)7-9/h6-7,19H,2-5,8H2,1H3. The SMILES string of the molecule is CN(CC1(O)CCCC1)C(=O)c1cc(Cl)nc(Cl)c1. The molecule has 104 valence electrons. The molecule has 1 amide bonds. The van der Waals surface area contributed by atoms with Crippen LogP contribution in [0.25, 0.3) is 0 Å². The first-order valence-electron chi connectivity index (χ1n) is 6.21. The second kappa shape index (κ2) is 5.65. The summed E-state index contributed by atoms with van der Waals surface area (Å²) in [4.78, 5) is 17.6. The molecule has 0 aliphatic heterocycles. The van der Waals surface area contributed by atoms with E-state index in [-0.39, 0.29) is 16.2 Å². The molecule has 0 spiro atoms. The lowest BCUT2D eigenvalue weighted by Crippen LogP contribution is -2.42. The average molecular weight is 303 g/mol. The van der Waals surface area contributed by atoms with Crippen molar-refractivity contribution in [2.75, 3.05) is 13.6 Å². The smallest absolute Gasteiger partial charge is 0.253 e. The molecule has 0 unspecified atom stereocenters. The van der Waals surface area contributed by atoms with Crippen molar-refractivity contribution in [3.63, 3.8) is 0 Å². The van der Waals surface area contributed by atoms with Crippen LogP contribution in [-0.2, 0) is 0 Å². The summed E-state index contributed by atoms with van der Waals surface area (Å²) in [5.74, 6) is -0.216. The average Bonchev–Trinajstić information content (AvgIpc) is 2.73. The number of aliphatic hydroxyl groups is 1. The molecule has 19 heavy (non-hydrogen) atoms. The summed E-state index contributed by atoms with van der Waals surface area (Å²) in [6.45, 7) is 0.323. The predicted octanol–water partition coefficient (Wildman–Crippen LogP) is 2.77. The highest BCUT2D eigenvalue weighted by Crippen LogP contribution is 2.30. The van der Waals surface area contributed by atoms with Crippen LogP contribution in [0.1, 0.15) is 36.0 Å². The van der Waals surface area contributed by atoms with E-state index in [1.165, 1.54) is 17.0 Å². The van der Waals surface area contributed by atoms with Crippen molar-refractivity contribution in [3.05, 3.63) is 28.0 Å². The summed E-state index contributed by atoms with van der Waals surface area (Å²) in [6.07, 6.45) is 3.49. The van der Waals surface area contributed by atoms with Crippen LogP contribution >= 0.6 is 23.2 Å². The molecule has 1 aliphatic carbocycles. The molecule has 1 saturated carbocycles. The molecule has 0 bridgehead atoms. The van der Waals surface area contributed by atoms with Crippen molar-refractivity contribution < 1.29 is 9.90 Å². The summed E-state index contributed by atoms with van der Waals surface area (Å²) >= 11 is 11.6. The van der Waals surface area contributed by atoms with Gasteiger partial charge in [-0.05, 0) is 25.0 Å². The zero-order valence-electron chi connectivity index (χ0n) is 10.7. The normalized spacial score (nSPS) is 17.5. The first-order chi connectivity index (χ1) is 8.89. The van der Waals surface area contributed by atoms with Crippen LogP contribution < -0.4 is 0 Å². The lowest BCUT2D eigenvalue weighted by Gasteiger charge is -2.28. The summed E-state index contributed by atoms with van der Waals surface area (Å²) in [7, 11) is 1.67. The Bertz CT molecular complexity index is 467. The molecule has 1 aromatic rings. The Balaban J connectivity index is 2.10. The zero-order valence-corrected chi connectivity index (χ0v) is 12.2. The third-order valence-electron chi connectivity index (χ3n) is 3.42. The van der Waals surface area contributed by atoms with Crippen molar-refractivity contribution >= 4 is 29.1 Å². The van der Waals surface area contributed by atoms with E-state index in [9.17, 15) is 9.90 Å². The number of carbonyl (C=O) groups is 1. The molecule has 0 saturated heterocycles. The Morgan fingerprint density at radius 3 is 2.42 bits per heavy atom. The molecular weight excluding hydrogens is 287 g/mol. The quantitative estimate of drug-likeness (QED) is 0.874. The highest BCUT2D eigenvalue weighted by Gasteiger charge is 2.33. The van der Waals surface area contributed by atoms with Gasteiger partial charge in [-0.3, -0.25) is 4.79 Å². The van der Waals surface area contributed by atoms with Crippen molar-refractivity contribution in [2.24, 2.45) is 0 Å². The van der Waals surface area contributed by atoms with E-state index < -0.39 is 5.60 Å². The highest BCUT2D eigenvalue weighted by atomic mass is 35.5. The van der Waals surface area contributed by atoms with E-state index in [1.807, 2.05) is 0 Å². The summed E-state index contributed by atoms with van der Waals surface area (Å²) in [6, 6.07) is 2.95. The van der Waals surface area contributed by atoms with Gasteiger partial charge >= 0.3 is 0 Å². The van der Waals surface area contributed by atoms with Crippen LogP contribution in [0, 0.1) is 0 Å². The fourth-order valence-electron chi connectivity index (χ4n) is 2.51. The lowest BCUT2D eigenvalue weighted by atomic mass is 10.0. The third kappa shape index (κ3) is 3.59. The van der Waals surface area contributed by atoms with Crippen molar-refractivity contribution in [2.45, 2.75) is 31.3 Å². The van der Waals surface area contributed by atoms with Gasteiger partial charge in [0.2, 0.25) is 0 Å². The molecular formula is C13H16Cl2N2O2. The molecule has 1 aromatic heterocycles. The van der Waals surface area contributed by atoms with Crippen LogP contribution in [0.15, 0.2) is 12.1 Å². The molecule has 2 rings (SSSR count). The number of aromatic nitrogens is 1. The maximum atomic E-state index is 12.2. The first kappa shape index (κ1) is 14.6. The van der Waals surface area contributed by atoms with Gasteiger partial charge in [0.05, 0.1) is 5.60 Å². The molecule has 1 fully saturated rings. The van der Waals surface area contributed by atoms with Crippen molar-refractivity contribution in [3.8, 4) is 0 Å². The minimum Gasteiger partial charge on any atom is -0.388 e. The summed E-state index contributed by atoms with van der Waals surface area (Å²) in [5, 5.41) is 10.7. The van der Waals surface area contributed by atoms with E-state index in [2.05, 4.69) is 4.98 Å². The first-order valence-corrected chi connectivity index (χ1v) is 6.96. The van der Waals surface area contributed by atoms with Crippen molar-refractivity contribution in [1.82, 2.24) is 9.88 Å². The van der Waals surface area contributed by atoms with Gasteiger partial charge in [-0.25, -0.2) is 4.98 Å². The summed E-state index contributed by atoms with van der Waals surface area (Å²) < 4.78 is 0. The monoisotopic (exact) mass is 302 g/mol. The van der Waals surface area contributed by atoms with Crippen LogP contribution in [0.3, 0.4) is 0 Å². The summed E-state index contributed by atoms with van der Waals surface area (Å²) in [5.41, 5.74) is -0.375.